The molecule has 2 aromatic carbocycles. The van der Waals surface area contributed by atoms with Crippen LogP contribution in [0.4, 0.5) is 13.2 Å². The highest BCUT2D eigenvalue weighted by molar-refractivity contribution is 7.18. The molecule has 1 N–H and O–H groups in total. The quantitative estimate of drug-likeness (QED) is 0.712. The molecule has 0 saturated carbocycles. The molecular weight excluding hydrogens is 355 g/mol. The number of hydrogen-bond donors (Lipinski definition) is 1. The van der Waals surface area contributed by atoms with Gasteiger partial charge in [-0.05, 0) is 36.8 Å². The van der Waals surface area contributed by atoms with Gasteiger partial charge in [-0.3, -0.25) is 0 Å². The molecule has 0 radical (unpaired) electrons. The number of rotatable bonds is 4. The van der Waals surface area contributed by atoms with Crippen molar-refractivity contribution < 1.29 is 27.8 Å². The number of hydrogen-bond acceptors (Lipinski definition) is 4. The Kier molecular flexibility index (Phi) is 4.38. The molecule has 3 aromatic rings. The van der Waals surface area contributed by atoms with Crippen molar-refractivity contribution >= 4 is 27.5 Å². The van der Waals surface area contributed by atoms with Gasteiger partial charge in [0.2, 0.25) is 0 Å². The molecule has 4 nitrogen and oxygen atoms in total. The van der Waals surface area contributed by atoms with Gasteiger partial charge in [-0.25, -0.2) is 9.78 Å². The minimum atomic E-state index is -4.40. The highest BCUT2D eigenvalue weighted by atomic mass is 32.1. The van der Waals surface area contributed by atoms with Gasteiger partial charge in [-0.1, -0.05) is 12.1 Å². The fraction of sp³-hybridized carbons (Fsp3) is 0.176. The molecule has 25 heavy (non-hydrogen) atoms. The Bertz CT molecular complexity index is 933. The Morgan fingerprint density at radius 3 is 2.48 bits per heavy atom. The molecule has 0 atom stereocenters. The van der Waals surface area contributed by atoms with Crippen molar-refractivity contribution in [2.24, 2.45) is 0 Å². The van der Waals surface area contributed by atoms with Gasteiger partial charge in [0, 0.05) is 0 Å². The van der Waals surface area contributed by atoms with E-state index in [9.17, 15) is 23.1 Å². The first kappa shape index (κ1) is 17.2. The highest BCUT2D eigenvalue weighted by Crippen LogP contribution is 2.34. The molecule has 0 spiro atoms. The summed E-state index contributed by atoms with van der Waals surface area (Å²) in [5, 5.41) is 10.1. The number of aromatic carboxylic acids is 1. The zero-order chi connectivity index (χ0) is 18.2. The predicted molar refractivity (Wildman–Crippen MR) is 87.1 cm³/mol. The van der Waals surface area contributed by atoms with Crippen molar-refractivity contribution in [3.8, 4) is 5.75 Å². The second-order valence-electron chi connectivity index (χ2n) is 5.31. The minimum absolute atomic E-state index is 0.0373. The second-order valence-corrected chi connectivity index (χ2v) is 6.55. The first-order valence-electron chi connectivity index (χ1n) is 7.18. The number of ether oxygens (including phenoxy) is 1. The fourth-order valence-corrected chi connectivity index (χ4v) is 3.17. The van der Waals surface area contributed by atoms with Crippen LogP contribution >= 0.6 is 11.3 Å². The van der Waals surface area contributed by atoms with Gasteiger partial charge in [-0.2, -0.15) is 13.2 Å². The number of carboxylic acid groups (broad SMARTS) is 1. The van der Waals surface area contributed by atoms with Crippen LogP contribution in [-0.4, -0.2) is 16.1 Å². The van der Waals surface area contributed by atoms with E-state index in [-0.39, 0.29) is 17.9 Å². The Hall–Kier alpha value is -2.61. The average molecular weight is 367 g/mol. The van der Waals surface area contributed by atoms with E-state index in [1.54, 1.807) is 13.0 Å². The van der Waals surface area contributed by atoms with E-state index >= 15 is 0 Å². The van der Waals surface area contributed by atoms with E-state index in [2.05, 4.69) is 4.98 Å². The Labute approximate surface area is 144 Å². The van der Waals surface area contributed by atoms with Gasteiger partial charge < -0.3 is 9.84 Å². The molecule has 8 heteroatoms. The van der Waals surface area contributed by atoms with Crippen LogP contribution in [0.3, 0.4) is 0 Å². The van der Waals surface area contributed by atoms with Crippen LogP contribution in [0.1, 0.15) is 26.5 Å². The summed E-state index contributed by atoms with van der Waals surface area (Å²) in [5.74, 6) is -1.04. The molecule has 0 aliphatic carbocycles. The van der Waals surface area contributed by atoms with Gasteiger partial charge in [0.25, 0.3) is 0 Å². The smallest absolute Gasteiger partial charge is 0.416 e. The van der Waals surface area contributed by atoms with E-state index < -0.39 is 17.7 Å². The number of carboxylic acids is 1. The van der Waals surface area contributed by atoms with E-state index in [1.165, 1.54) is 29.5 Å². The SMILES string of the molecule is Cc1nc2c(OCc3ccc(C(F)(F)F)cc3)c(C(=O)O)ccc2s1. The summed E-state index contributed by atoms with van der Waals surface area (Å²) in [7, 11) is 0. The van der Waals surface area contributed by atoms with Crippen LogP contribution in [0, 0.1) is 6.92 Å². The molecule has 1 aromatic heterocycles. The van der Waals surface area contributed by atoms with Gasteiger partial charge in [0.05, 0.1) is 15.3 Å². The summed E-state index contributed by atoms with van der Waals surface area (Å²) in [4.78, 5) is 15.7. The van der Waals surface area contributed by atoms with E-state index in [4.69, 9.17) is 4.74 Å². The van der Waals surface area contributed by atoms with E-state index in [0.29, 0.717) is 11.1 Å². The third-order valence-corrected chi connectivity index (χ3v) is 4.45. The number of nitrogens with zero attached hydrogens (tertiary/aromatic N) is 1. The molecule has 0 aliphatic heterocycles. The summed E-state index contributed by atoms with van der Waals surface area (Å²) in [6.45, 7) is 1.73. The van der Waals surface area contributed by atoms with E-state index in [0.717, 1.165) is 21.8 Å². The van der Waals surface area contributed by atoms with Gasteiger partial charge in [0.15, 0.2) is 5.75 Å². The van der Waals surface area contributed by atoms with Crippen molar-refractivity contribution in [2.45, 2.75) is 19.7 Å². The molecule has 0 saturated heterocycles. The topological polar surface area (TPSA) is 59.4 Å². The van der Waals surface area contributed by atoms with Crippen molar-refractivity contribution in [3.63, 3.8) is 0 Å². The largest absolute Gasteiger partial charge is 0.486 e. The van der Waals surface area contributed by atoms with Gasteiger partial charge in [-0.15, -0.1) is 11.3 Å². The average Bonchev–Trinajstić information content (AvgIpc) is 2.92. The Morgan fingerprint density at radius 1 is 1.20 bits per heavy atom. The summed E-state index contributed by atoms with van der Waals surface area (Å²) < 4.78 is 44.2. The number of aromatic nitrogens is 1. The van der Waals surface area contributed by atoms with Crippen molar-refractivity contribution in [1.29, 1.82) is 0 Å². The van der Waals surface area contributed by atoms with Crippen molar-refractivity contribution in [3.05, 3.63) is 58.1 Å². The summed E-state index contributed by atoms with van der Waals surface area (Å²) in [6.07, 6.45) is -4.40. The second kappa shape index (κ2) is 6.36. The van der Waals surface area contributed by atoms with Crippen molar-refractivity contribution in [1.82, 2.24) is 4.98 Å². The lowest BCUT2D eigenvalue weighted by atomic mass is 10.1. The standard InChI is InChI=1S/C17H12F3NO3S/c1-9-21-14-13(25-9)7-6-12(16(22)23)15(14)24-8-10-2-4-11(5-3-10)17(18,19)20/h2-7H,8H2,1H3,(H,22,23). The molecule has 0 aliphatic rings. The monoisotopic (exact) mass is 367 g/mol. The maximum absolute atomic E-state index is 12.6. The summed E-state index contributed by atoms with van der Waals surface area (Å²) in [5.41, 5.74) is 0.145. The molecule has 0 bridgehead atoms. The molecule has 0 amide bonds. The molecule has 0 fully saturated rings. The van der Waals surface area contributed by atoms with Crippen LogP contribution in [0.15, 0.2) is 36.4 Å². The molecule has 3 rings (SSSR count). The maximum atomic E-state index is 12.6. The number of benzene rings is 2. The lowest BCUT2D eigenvalue weighted by Gasteiger charge is -2.11. The van der Waals surface area contributed by atoms with Crippen LogP contribution in [0.5, 0.6) is 5.75 Å². The van der Waals surface area contributed by atoms with Crippen molar-refractivity contribution in [2.75, 3.05) is 0 Å². The number of alkyl halides is 3. The third-order valence-electron chi connectivity index (χ3n) is 3.52. The van der Waals surface area contributed by atoms with Gasteiger partial charge >= 0.3 is 12.1 Å². The number of halogens is 3. The number of carbonyl (C=O) groups is 1. The van der Waals surface area contributed by atoms with Crippen LogP contribution < -0.4 is 4.74 Å². The summed E-state index contributed by atoms with van der Waals surface area (Å²) >= 11 is 1.40. The van der Waals surface area contributed by atoms with E-state index in [1.807, 2.05) is 0 Å². The summed E-state index contributed by atoms with van der Waals surface area (Å²) in [6, 6.07) is 7.62. The molecule has 0 unspecified atom stereocenters. The molecule has 130 valence electrons. The van der Waals surface area contributed by atoms with Crippen LogP contribution in [-0.2, 0) is 12.8 Å². The predicted octanol–water partition coefficient (Wildman–Crippen LogP) is 4.90. The van der Waals surface area contributed by atoms with Crippen LogP contribution in [0.2, 0.25) is 0 Å². The Balaban J connectivity index is 1.90. The number of fused-ring (bicyclic) bond motifs is 1. The maximum Gasteiger partial charge on any atom is 0.416 e. The van der Waals surface area contributed by atoms with Gasteiger partial charge in [0.1, 0.15) is 17.7 Å². The third kappa shape index (κ3) is 3.58. The fourth-order valence-electron chi connectivity index (χ4n) is 2.34. The molecular formula is C17H12F3NO3S. The first-order valence-corrected chi connectivity index (χ1v) is 8.00. The normalized spacial score (nSPS) is 11.7. The zero-order valence-electron chi connectivity index (χ0n) is 12.9. The molecule has 1 heterocycles. The highest BCUT2D eigenvalue weighted by Gasteiger charge is 2.30. The minimum Gasteiger partial charge on any atom is -0.486 e. The zero-order valence-corrected chi connectivity index (χ0v) is 13.7. The van der Waals surface area contributed by atoms with Crippen LogP contribution in [0.25, 0.3) is 10.2 Å². The number of thiazole rings is 1. The lowest BCUT2D eigenvalue weighted by molar-refractivity contribution is -0.137. The Morgan fingerprint density at radius 2 is 1.88 bits per heavy atom. The lowest BCUT2D eigenvalue weighted by Crippen LogP contribution is -2.06. The number of aryl methyl sites for hydroxylation is 1. The first-order chi connectivity index (χ1) is 11.8.